The van der Waals surface area contributed by atoms with Crippen molar-refractivity contribution in [1.82, 2.24) is 4.90 Å². The summed E-state index contributed by atoms with van der Waals surface area (Å²) < 4.78 is 4.56. The summed E-state index contributed by atoms with van der Waals surface area (Å²) in [4.78, 5) is 12.5. The van der Waals surface area contributed by atoms with E-state index >= 15 is 0 Å². The average Bonchev–Trinajstić information content (AvgIpc) is 2.04. The quantitative estimate of drug-likeness (QED) is 0.531. The second kappa shape index (κ2) is 3.23. The molecule has 0 aromatic rings. The Bertz CT molecular complexity index is 218. The molecule has 60 valence electrons. The highest BCUT2D eigenvalue weighted by molar-refractivity contribution is 5.71. The predicted octanol–water partition coefficient (Wildman–Crippen LogP) is 1.88. The maximum Gasteiger partial charge on any atom is 0.417 e. The van der Waals surface area contributed by atoms with Crippen LogP contribution in [0.2, 0.25) is 0 Å². The van der Waals surface area contributed by atoms with E-state index in [0.29, 0.717) is 0 Å². The number of allylic oxidation sites excluding steroid dienone is 3. The molecule has 0 bridgehead atoms. The molecule has 1 rings (SSSR count). The van der Waals surface area contributed by atoms with Gasteiger partial charge in [-0.05, 0) is 13.3 Å². The van der Waals surface area contributed by atoms with Crippen LogP contribution in [0.1, 0.15) is 13.3 Å². The van der Waals surface area contributed by atoms with Crippen LogP contribution in [0.5, 0.6) is 0 Å². The van der Waals surface area contributed by atoms with E-state index < -0.39 is 0 Å². The summed E-state index contributed by atoms with van der Waals surface area (Å²) >= 11 is 0. The molecule has 3 nitrogen and oxygen atoms in total. The van der Waals surface area contributed by atoms with Crippen LogP contribution in [0, 0.1) is 0 Å². The number of nitrogens with zero attached hydrogens (tertiary/aromatic N) is 1. The fraction of sp³-hybridized carbons (Fsp3) is 0.375. The Morgan fingerprint density at radius 3 is 3.00 bits per heavy atom. The first-order valence-corrected chi connectivity index (χ1v) is 3.46. The number of methoxy groups -OCH3 is 1. The Labute approximate surface area is 65.9 Å². The molecular formula is C8H11NO2. The SMILES string of the molecule is COC(=O)N1C=CCC=C1C. The molecule has 0 fully saturated rings. The van der Waals surface area contributed by atoms with Gasteiger partial charge < -0.3 is 4.74 Å². The average molecular weight is 153 g/mol. The van der Waals surface area contributed by atoms with Crippen molar-refractivity contribution in [1.29, 1.82) is 0 Å². The fourth-order valence-electron chi connectivity index (χ4n) is 0.924. The molecule has 0 spiro atoms. The van der Waals surface area contributed by atoms with Gasteiger partial charge in [0.15, 0.2) is 0 Å². The Hall–Kier alpha value is -1.25. The molecule has 0 atom stereocenters. The smallest absolute Gasteiger partial charge is 0.417 e. The minimum atomic E-state index is -0.338. The highest BCUT2D eigenvalue weighted by Crippen LogP contribution is 2.12. The maximum absolute atomic E-state index is 11.0. The van der Waals surface area contributed by atoms with Crippen molar-refractivity contribution < 1.29 is 9.53 Å². The van der Waals surface area contributed by atoms with E-state index in [4.69, 9.17) is 0 Å². The maximum atomic E-state index is 11.0. The van der Waals surface area contributed by atoms with Crippen molar-refractivity contribution >= 4 is 6.09 Å². The molecule has 11 heavy (non-hydrogen) atoms. The van der Waals surface area contributed by atoms with Crippen LogP contribution in [-0.2, 0) is 4.74 Å². The number of ether oxygens (including phenoxy) is 1. The van der Waals surface area contributed by atoms with Crippen molar-refractivity contribution in [2.24, 2.45) is 0 Å². The van der Waals surface area contributed by atoms with Crippen molar-refractivity contribution in [3.8, 4) is 0 Å². The van der Waals surface area contributed by atoms with Crippen LogP contribution in [0.15, 0.2) is 24.0 Å². The second-order valence-electron chi connectivity index (χ2n) is 2.31. The fourth-order valence-corrected chi connectivity index (χ4v) is 0.924. The van der Waals surface area contributed by atoms with Gasteiger partial charge >= 0.3 is 6.09 Å². The Morgan fingerprint density at radius 2 is 2.45 bits per heavy atom. The highest BCUT2D eigenvalue weighted by atomic mass is 16.5. The van der Waals surface area contributed by atoms with Gasteiger partial charge in [-0.15, -0.1) is 0 Å². The van der Waals surface area contributed by atoms with E-state index in [-0.39, 0.29) is 6.09 Å². The van der Waals surface area contributed by atoms with Crippen LogP contribution in [0.4, 0.5) is 4.79 Å². The summed E-state index contributed by atoms with van der Waals surface area (Å²) in [5, 5.41) is 0. The zero-order valence-corrected chi connectivity index (χ0v) is 6.70. The van der Waals surface area contributed by atoms with Crippen LogP contribution < -0.4 is 0 Å². The van der Waals surface area contributed by atoms with Gasteiger partial charge in [0.05, 0.1) is 7.11 Å². The minimum absolute atomic E-state index is 0.338. The predicted molar refractivity (Wildman–Crippen MR) is 41.8 cm³/mol. The molecule has 0 aromatic heterocycles. The molecule has 3 heteroatoms. The van der Waals surface area contributed by atoms with E-state index in [1.54, 1.807) is 6.20 Å². The van der Waals surface area contributed by atoms with Gasteiger partial charge in [0.25, 0.3) is 0 Å². The monoisotopic (exact) mass is 153 g/mol. The highest BCUT2D eigenvalue weighted by Gasteiger charge is 2.13. The van der Waals surface area contributed by atoms with Gasteiger partial charge in [0, 0.05) is 11.9 Å². The molecule has 1 aliphatic heterocycles. The summed E-state index contributed by atoms with van der Waals surface area (Å²) in [6, 6.07) is 0. The first kappa shape index (κ1) is 7.85. The zero-order valence-electron chi connectivity index (χ0n) is 6.70. The van der Waals surface area contributed by atoms with Gasteiger partial charge in [-0.25, -0.2) is 4.79 Å². The van der Waals surface area contributed by atoms with Crippen LogP contribution in [0.25, 0.3) is 0 Å². The number of amides is 1. The van der Waals surface area contributed by atoms with E-state index in [1.807, 2.05) is 19.1 Å². The van der Waals surface area contributed by atoms with Gasteiger partial charge in [-0.2, -0.15) is 0 Å². The van der Waals surface area contributed by atoms with E-state index in [2.05, 4.69) is 4.74 Å². The molecule has 0 unspecified atom stereocenters. The summed E-state index contributed by atoms with van der Waals surface area (Å²) in [7, 11) is 1.37. The standard InChI is InChI=1S/C8H11NO2/c1-7-5-3-4-6-9(7)8(10)11-2/h4-6H,3H2,1-2H3. The lowest BCUT2D eigenvalue weighted by Gasteiger charge is -2.19. The van der Waals surface area contributed by atoms with Gasteiger partial charge in [-0.1, -0.05) is 12.2 Å². The van der Waals surface area contributed by atoms with Crippen molar-refractivity contribution in [3.05, 3.63) is 24.0 Å². The molecule has 0 N–H and O–H groups in total. The van der Waals surface area contributed by atoms with Crippen LogP contribution >= 0.6 is 0 Å². The third-order valence-electron chi connectivity index (χ3n) is 1.56. The summed E-state index contributed by atoms with van der Waals surface area (Å²) in [6.45, 7) is 1.88. The number of carbonyl (C=O) groups excluding carboxylic acids is 1. The summed E-state index contributed by atoms with van der Waals surface area (Å²) in [5.41, 5.74) is 0.916. The first-order valence-electron chi connectivity index (χ1n) is 3.46. The zero-order chi connectivity index (χ0) is 8.27. The van der Waals surface area contributed by atoms with Gasteiger partial charge in [-0.3, -0.25) is 4.90 Å². The molecule has 0 aliphatic carbocycles. The molecule has 0 saturated carbocycles. The third-order valence-corrected chi connectivity index (χ3v) is 1.56. The molecule has 1 amide bonds. The van der Waals surface area contributed by atoms with E-state index in [0.717, 1.165) is 12.1 Å². The van der Waals surface area contributed by atoms with Crippen molar-refractivity contribution in [2.75, 3.05) is 7.11 Å². The largest absolute Gasteiger partial charge is 0.452 e. The summed E-state index contributed by atoms with van der Waals surface area (Å²) in [5.74, 6) is 0. The van der Waals surface area contributed by atoms with E-state index in [1.165, 1.54) is 12.0 Å². The lowest BCUT2D eigenvalue weighted by atomic mass is 10.2. The van der Waals surface area contributed by atoms with Crippen molar-refractivity contribution in [3.63, 3.8) is 0 Å². The number of carbonyl (C=O) groups is 1. The van der Waals surface area contributed by atoms with Crippen LogP contribution in [-0.4, -0.2) is 18.1 Å². The molecule has 0 radical (unpaired) electrons. The third kappa shape index (κ3) is 1.61. The van der Waals surface area contributed by atoms with Crippen molar-refractivity contribution in [2.45, 2.75) is 13.3 Å². The Morgan fingerprint density at radius 1 is 1.73 bits per heavy atom. The first-order chi connectivity index (χ1) is 5.25. The molecule has 0 aromatic carbocycles. The molecular weight excluding hydrogens is 142 g/mol. The topological polar surface area (TPSA) is 29.5 Å². The van der Waals surface area contributed by atoms with Gasteiger partial charge in [0.1, 0.15) is 0 Å². The number of hydrogen-bond acceptors (Lipinski definition) is 2. The minimum Gasteiger partial charge on any atom is -0.452 e. The Balaban J connectivity index is 2.70. The van der Waals surface area contributed by atoms with Gasteiger partial charge in [0.2, 0.25) is 0 Å². The molecule has 1 aliphatic rings. The molecule has 0 saturated heterocycles. The molecule has 1 heterocycles. The number of rotatable bonds is 0. The summed E-state index contributed by atoms with van der Waals surface area (Å²) in [6.07, 6.45) is 6.15. The lowest BCUT2D eigenvalue weighted by Crippen LogP contribution is -2.24. The second-order valence-corrected chi connectivity index (χ2v) is 2.31. The Kier molecular flexibility index (Phi) is 2.31. The van der Waals surface area contributed by atoms with Crippen LogP contribution in [0.3, 0.4) is 0 Å². The lowest BCUT2D eigenvalue weighted by molar-refractivity contribution is 0.148. The number of hydrogen-bond donors (Lipinski definition) is 0. The van der Waals surface area contributed by atoms with E-state index in [9.17, 15) is 4.79 Å². The normalized spacial score (nSPS) is 16.2.